The molecule has 1 unspecified atom stereocenters. The SMILES string of the molecule is CC(C)[Se]Cc1cn([C@H]2CC(O)[C@@H](CO)O2)c(=O)[nH]c1=O. The zero-order valence-corrected chi connectivity index (χ0v) is 13.7. The summed E-state index contributed by atoms with van der Waals surface area (Å²) in [4.78, 5) is 26.5. The Morgan fingerprint density at radius 3 is 2.81 bits per heavy atom. The number of aliphatic hydroxyl groups excluding tert-OH is 2. The van der Waals surface area contributed by atoms with E-state index in [1.807, 2.05) is 0 Å². The van der Waals surface area contributed by atoms with Crippen LogP contribution in [0.15, 0.2) is 15.8 Å². The van der Waals surface area contributed by atoms with Crippen molar-refractivity contribution in [2.24, 2.45) is 0 Å². The quantitative estimate of drug-likeness (QED) is 0.595. The Morgan fingerprint density at radius 2 is 2.24 bits per heavy atom. The van der Waals surface area contributed by atoms with Crippen molar-refractivity contribution in [2.45, 2.75) is 48.8 Å². The topological polar surface area (TPSA) is 105 Å². The van der Waals surface area contributed by atoms with Crippen molar-refractivity contribution in [3.63, 3.8) is 0 Å². The summed E-state index contributed by atoms with van der Waals surface area (Å²) in [6.45, 7) is 3.87. The van der Waals surface area contributed by atoms with E-state index in [1.54, 1.807) is 0 Å². The average molecular weight is 363 g/mol. The summed E-state index contributed by atoms with van der Waals surface area (Å²) in [7, 11) is 0. The van der Waals surface area contributed by atoms with Crippen molar-refractivity contribution in [3.05, 3.63) is 32.6 Å². The number of nitrogens with zero attached hydrogens (tertiary/aromatic N) is 1. The number of hydrogen-bond acceptors (Lipinski definition) is 5. The van der Waals surface area contributed by atoms with Crippen LogP contribution in [-0.4, -0.2) is 53.5 Å². The predicted molar refractivity (Wildman–Crippen MR) is 77.5 cm³/mol. The van der Waals surface area contributed by atoms with Gasteiger partial charge in [0.1, 0.15) is 0 Å². The fraction of sp³-hybridized carbons (Fsp3) is 0.692. The van der Waals surface area contributed by atoms with Crippen LogP contribution in [0.25, 0.3) is 0 Å². The minimum absolute atomic E-state index is 0.214. The number of aromatic amines is 1. The first kappa shape index (κ1) is 16.4. The fourth-order valence-corrected chi connectivity index (χ4v) is 3.66. The van der Waals surface area contributed by atoms with Gasteiger partial charge in [-0.2, -0.15) is 0 Å². The molecule has 0 saturated carbocycles. The van der Waals surface area contributed by atoms with E-state index in [1.165, 1.54) is 10.8 Å². The number of nitrogens with one attached hydrogen (secondary N) is 1. The van der Waals surface area contributed by atoms with Gasteiger partial charge in [-0.25, -0.2) is 0 Å². The van der Waals surface area contributed by atoms with Crippen LogP contribution in [-0.2, 0) is 10.1 Å². The van der Waals surface area contributed by atoms with Crippen molar-refractivity contribution in [1.82, 2.24) is 9.55 Å². The van der Waals surface area contributed by atoms with E-state index in [9.17, 15) is 14.7 Å². The number of hydrogen-bond donors (Lipinski definition) is 3. The van der Waals surface area contributed by atoms with Crippen LogP contribution < -0.4 is 11.2 Å². The standard InChI is InChI=1S/C13H20N2O5Se/c1-7(2)21-6-8-4-15(13(19)14-12(8)18)11-3-9(17)10(5-16)20-11/h4,7,9-11,16-17H,3,5-6H2,1-2H3,(H,14,18,19)/t9?,10-,11-/m1/s1. The van der Waals surface area contributed by atoms with Crippen LogP contribution in [0.1, 0.15) is 32.1 Å². The van der Waals surface area contributed by atoms with E-state index >= 15 is 0 Å². The van der Waals surface area contributed by atoms with Crippen LogP contribution in [0.5, 0.6) is 0 Å². The third-order valence-corrected chi connectivity index (χ3v) is 5.71. The van der Waals surface area contributed by atoms with Crippen LogP contribution in [0.4, 0.5) is 0 Å². The van der Waals surface area contributed by atoms with Crippen molar-refractivity contribution in [3.8, 4) is 0 Å². The van der Waals surface area contributed by atoms with Gasteiger partial charge >= 0.3 is 128 Å². The fourth-order valence-electron chi connectivity index (χ4n) is 2.15. The third kappa shape index (κ3) is 3.84. The molecule has 0 aromatic carbocycles. The van der Waals surface area contributed by atoms with Gasteiger partial charge in [-0.15, -0.1) is 0 Å². The molecule has 1 fully saturated rings. The summed E-state index contributed by atoms with van der Waals surface area (Å²) in [5.41, 5.74) is -0.374. The molecule has 118 valence electrons. The predicted octanol–water partition coefficient (Wildman–Crippen LogP) is -0.790. The first-order chi connectivity index (χ1) is 9.92. The zero-order valence-electron chi connectivity index (χ0n) is 12.0. The summed E-state index contributed by atoms with van der Waals surface area (Å²) in [6, 6.07) is 0. The molecule has 3 N–H and O–H groups in total. The van der Waals surface area contributed by atoms with Crippen LogP contribution in [0, 0.1) is 0 Å². The van der Waals surface area contributed by atoms with Crippen molar-refractivity contribution >= 4 is 15.0 Å². The van der Waals surface area contributed by atoms with E-state index < -0.39 is 24.1 Å². The van der Waals surface area contributed by atoms with Gasteiger partial charge in [-0.05, 0) is 0 Å². The van der Waals surface area contributed by atoms with Crippen molar-refractivity contribution in [2.75, 3.05) is 6.61 Å². The molecule has 2 rings (SSSR count). The molecule has 8 heteroatoms. The monoisotopic (exact) mass is 364 g/mol. The molecule has 21 heavy (non-hydrogen) atoms. The molecule has 0 aliphatic carbocycles. The molecule has 1 aromatic heterocycles. The van der Waals surface area contributed by atoms with E-state index in [-0.39, 0.29) is 33.5 Å². The molecule has 1 aliphatic heterocycles. The van der Waals surface area contributed by atoms with Gasteiger partial charge in [0.15, 0.2) is 0 Å². The number of H-pyrrole nitrogens is 1. The van der Waals surface area contributed by atoms with E-state index in [0.29, 0.717) is 15.7 Å². The third-order valence-electron chi connectivity index (χ3n) is 3.31. The summed E-state index contributed by atoms with van der Waals surface area (Å²) in [5, 5.41) is 19.5. The second-order valence-electron chi connectivity index (χ2n) is 5.30. The Labute approximate surface area is 128 Å². The minimum atomic E-state index is -0.817. The van der Waals surface area contributed by atoms with E-state index in [0.717, 1.165) is 0 Å². The summed E-state index contributed by atoms with van der Waals surface area (Å²) in [6.07, 6.45) is -0.444. The summed E-state index contributed by atoms with van der Waals surface area (Å²) >= 11 is 0.277. The molecule has 3 atom stereocenters. The first-order valence-corrected chi connectivity index (χ1v) is 9.02. The molecule has 0 spiro atoms. The Bertz CT molecular complexity index is 597. The molecule has 0 radical (unpaired) electrons. The second-order valence-corrected chi connectivity index (χ2v) is 8.58. The summed E-state index contributed by atoms with van der Waals surface area (Å²) < 4.78 is 6.75. The number of rotatable bonds is 5. The molecule has 0 bridgehead atoms. The van der Waals surface area contributed by atoms with Gasteiger partial charge in [0.25, 0.3) is 0 Å². The molecule has 1 saturated heterocycles. The number of ether oxygens (including phenoxy) is 1. The number of aromatic nitrogens is 2. The van der Waals surface area contributed by atoms with Gasteiger partial charge in [-0.1, -0.05) is 0 Å². The average Bonchev–Trinajstić information content (AvgIpc) is 2.78. The molecule has 1 aromatic rings. The Morgan fingerprint density at radius 1 is 1.52 bits per heavy atom. The van der Waals surface area contributed by atoms with E-state index in [2.05, 4.69) is 18.8 Å². The van der Waals surface area contributed by atoms with Crippen LogP contribution >= 0.6 is 0 Å². The van der Waals surface area contributed by atoms with Crippen molar-refractivity contribution in [1.29, 1.82) is 0 Å². The van der Waals surface area contributed by atoms with Gasteiger partial charge in [0, 0.05) is 0 Å². The Kier molecular flexibility index (Phi) is 5.40. The molecular weight excluding hydrogens is 343 g/mol. The zero-order chi connectivity index (χ0) is 15.6. The maximum absolute atomic E-state index is 11.9. The normalized spacial score (nSPS) is 25.7. The van der Waals surface area contributed by atoms with Gasteiger partial charge in [0.2, 0.25) is 0 Å². The van der Waals surface area contributed by atoms with Gasteiger partial charge in [-0.3, -0.25) is 0 Å². The summed E-state index contributed by atoms with van der Waals surface area (Å²) in [5.74, 6) is 0. The van der Waals surface area contributed by atoms with Gasteiger partial charge < -0.3 is 0 Å². The van der Waals surface area contributed by atoms with E-state index in [4.69, 9.17) is 9.84 Å². The van der Waals surface area contributed by atoms with Crippen LogP contribution in [0.2, 0.25) is 4.82 Å². The van der Waals surface area contributed by atoms with Crippen molar-refractivity contribution < 1.29 is 14.9 Å². The first-order valence-electron chi connectivity index (χ1n) is 6.82. The second kappa shape index (κ2) is 6.89. The molecule has 0 amide bonds. The van der Waals surface area contributed by atoms with Crippen LogP contribution in [0.3, 0.4) is 0 Å². The molecule has 1 aliphatic rings. The Balaban J connectivity index is 2.26. The molecule has 7 nitrogen and oxygen atoms in total. The molecule has 2 heterocycles. The molecular formula is C13H20N2O5Se. The Hall–Kier alpha value is -0.921. The van der Waals surface area contributed by atoms with Gasteiger partial charge in [0.05, 0.1) is 0 Å². The maximum atomic E-state index is 11.9. The number of aliphatic hydroxyl groups is 2.